The second kappa shape index (κ2) is 7.75. The van der Waals surface area contributed by atoms with Gasteiger partial charge in [0.2, 0.25) is 0 Å². The number of anilines is 3. The van der Waals surface area contributed by atoms with E-state index < -0.39 is 18.5 Å². The molecule has 154 valence electrons. The van der Waals surface area contributed by atoms with Crippen LogP contribution in [0.4, 0.5) is 17.1 Å². The summed E-state index contributed by atoms with van der Waals surface area (Å²) < 4.78 is 4.99. The summed E-state index contributed by atoms with van der Waals surface area (Å²) in [7, 11) is 0. The van der Waals surface area contributed by atoms with Crippen molar-refractivity contribution in [3.05, 3.63) is 88.5 Å². The number of hydrogen-bond acceptors (Lipinski definition) is 7. The zero-order chi connectivity index (χ0) is 22.1. The molecule has 0 atom stereocenters. The first-order chi connectivity index (χ1) is 14.8. The Morgan fingerprint density at radius 2 is 1.35 bits per heavy atom. The number of amides is 1. The lowest BCUT2D eigenvalue weighted by Crippen LogP contribution is -2.23. The third kappa shape index (κ3) is 3.86. The summed E-state index contributed by atoms with van der Waals surface area (Å²) in [5.74, 6) is -1.91. The van der Waals surface area contributed by atoms with Gasteiger partial charge in [-0.15, -0.1) is 0 Å². The highest BCUT2D eigenvalue weighted by Crippen LogP contribution is 2.29. The average Bonchev–Trinajstić information content (AvgIpc) is 2.75. The number of ether oxygens (including phenoxy) is 1. The molecule has 4 rings (SSSR count). The lowest BCUT2D eigenvalue weighted by atomic mass is 9.84. The Morgan fingerprint density at radius 1 is 0.774 bits per heavy atom. The highest BCUT2D eigenvalue weighted by Gasteiger charge is 2.29. The number of hydrogen-bond donors (Lipinski definition) is 3. The molecule has 0 radical (unpaired) electrons. The Hall–Kier alpha value is -4.46. The number of benzene rings is 3. The van der Waals surface area contributed by atoms with Gasteiger partial charge in [0.15, 0.2) is 18.2 Å². The molecule has 0 bridgehead atoms. The van der Waals surface area contributed by atoms with Crippen LogP contribution in [-0.2, 0) is 9.53 Å². The summed E-state index contributed by atoms with van der Waals surface area (Å²) in [6.45, 7) is -0.555. The number of nitrogens with one attached hydrogen (secondary N) is 1. The van der Waals surface area contributed by atoms with Crippen molar-refractivity contribution >= 4 is 40.5 Å². The number of nitrogens with two attached hydrogens (primary N) is 2. The van der Waals surface area contributed by atoms with Crippen molar-refractivity contribution in [2.24, 2.45) is 0 Å². The molecule has 0 unspecified atom stereocenters. The van der Waals surface area contributed by atoms with Crippen molar-refractivity contribution in [1.29, 1.82) is 0 Å². The van der Waals surface area contributed by atoms with Gasteiger partial charge in [0, 0.05) is 39.3 Å². The molecular weight excluding hydrogens is 398 g/mol. The smallest absolute Gasteiger partial charge is 0.338 e. The topological polar surface area (TPSA) is 142 Å². The average molecular weight is 415 g/mol. The van der Waals surface area contributed by atoms with Gasteiger partial charge in [0.25, 0.3) is 5.91 Å². The van der Waals surface area contributed by atoms with E-state index in [0.717, 1.165) is 0 Å². The fourth-order valence-corrected chi connectivity index (χ4v) is 3.38. The maximum atomic E-state index is 12.8. The standard InChI is InChI=1S/C23H17N3O5/c24-13-7-12(8-14(25)9-13)23(30)31-11-20(27)26-15-5-6-18-19(10-15)22(29)17-4-2-1-3-16(17)21(18)28/h1-10H,11,24-25H2,(H,26,27). The summed E-state index contributed by atoms with van der Waals surface area (Å²) in [6, 6.07) is 15.3. The summed E-state index contributed by atoms with van der Waals surface area (Å²) >= 11 is 0. The van der Waals surface area contributed by atoms with Crippen LogP contribution in [-0.4, -0.2) is 30.0 Å². The molecule has 8 heteroatoms. The Bertz CT molecular complexity index is 1250. The maximum Gasteiger partial charge on any atom is 0.338 e. The number of carbonyl (C=O) groups is 4. The number of fused-ring (bicyclic) bond motifs is 2. The fourth-order valence-electron chi connectivity index (χ4n) is 3.38. The first kappa shape index (κ1) is 19.8. The molecule has 0 spiro atoms. The van der Waals surface area contributed by atoms with Gasteiger partial charge in [0.05, 0.1) is 5.56 Å². The number of esters is 1. The Morgan fingerprint density at radius 3 is 2.00 bits per heavy atom. The van der Waals surface area contributed by atoms with Gasteiger partial charge in [-0.2, -0.15) is 0 Å². The molecule has 0 fully saturated rings. The van der Waals surface area contributed by atoms with E-state index in [1.54, 1.807) is 24.3 Å². The van der Waals surface area contributed by atoms with E-state index >= 15 is 0 Å². The number of rotatable bonds is 4. The minimum absolute atomic E-state index is 0.127. The maximum absolute atomic E-state index is 12.8. The number of ketones is 2. The first-order valence-electron chi connectivity index (χ1n) is 9.29. The van der Waals surface area contributed by atoms with Crippen molar-refractivity contribution in [2.75, 3.05) is 23.4 Å². The van der Waals surface area contributed by atoms with Gasteiger partial charge in [-0.25, -0.2) is 4.79 Å². The highest BCUT2D eigenvalue weighted by atomic mass is 16.5. The second-order valence-corrected chi connectivity index (χ2v) is 6.98. The van der Waals surface area contributed by atoms with Crippen molar-refractivity contribution < 1.29 is 23.9 Å². The molecule has 5 N–H and O–H groups in total. The molecule has 1 amide bonds. The molecule has 8 nitrogen and oxygen atoms in total. The predicted molar refractivity (Wildman–Crippen MR) is 114 cm³/mol. The summed E-state index contributed by atoms with van der Waals surface area (Å²) in [5, 5.41) is 2.55. The van der Waals surface area contributed by atoms with E-state index in [0.29, 0.717) is 28.2 Å². The minimum atomic E-state index is -0.753. The van der Waals surface area contributed by atoms with Crippen LogP contribution in [0.1, 0.15) is 42.2 Å². The lowest BCUT2D eigenvalue weighted by molar-refractivity contribution is -0.119. The number of nitrogen functional groups attached to an aromatic ring is 2. The predicted octanol–water partition coefficient (Wildman–Crippen LogP) is 2.42. The van der Waals surface area contributed by atoms with E-state index in [9.17, 15) is 19.2 Å². The lowest BCUT2D eigenvalue weighted by Gasteiger charge is -2.18. The van der Waals surface area contributed by atoms with Gasteiger partial charge < -0.3 is 21.5 Å². The normalized spacial score (nSPS) is 12.0. The number of carbonyl (C=O) groups excluding carboxylic acids is 4. The molecule has 31 heavy (non-hydrogen) atoms. The summed E-state index contributed by atoms with van der Waals surface area (Å²) in [6.07, 6.45) is 0. The molecule has 3 aromatic rings. The largest absolute Gasteiger partial charge is 0.452 e. The third-order valence-electron chi connectivity index (χ3n) is 4.76. The van der Waals surface area contributed by atoms with E-state index in [4.69, 9.17) is 16.2 Å². The van der Waals surface area contributed by atoms with Crippen molar-refractivity contribution in [3.63, 3.8) is 0 Å². The van der Waals surface area contributed by atoms with Gasteiger partial charge in [0.1, 0.15) is 0 Å². The van der Waals surface area contributed by atoms with Crippen LogP contribution in [0.2, 0.25) is 0 Å². The quantitative estimate of drug-likeness (QED) is 0.343. The molecule has 0 aromatic heterocycles. The molecule has 0 heterocycles. The summed E-state index contributed by atoms with van der Waals surface area (Å²) in [4.78, 5) is 49.7. The Labute approximate surface area is 176 Å². The van der Waals surface area contributed by atoms with Gasteiger partial charge in [-0.1, -0.05) is 24.3 Å². The molecular formula is C23H17N3O5. The monoisotopic (exact) mass is 415 g/mol. The fraction of sp³-hybridized carbons (Fsp3) is 0.0435. The summed E-state index contributed by atoms with van der Waals surface area (Å²) in [5.41, 5.74) is 13.5. The Balaban J connectivity index is 1.45. The first-order valence-corrected chi connectivity index (χ1v) is 9.29. The van der Waals surface area contributed by atoms with Gasteiger partial charge >= 0.3 is 5.97 Å². The molecule has 1 aliphatic carbocycles. The van der Waals surface area contributed by atoms with Crippen molar-refractivity contribution in [1.82, 2.24) is 0 Å². The third-order valence-corrected chi connectivity index (χ3v) is 4.76. The van der Waals surface area contributed by atoms with Gasteiger partial charge in [-0.3, -0.25) is 14.4 Å². The van der Waals surface area contributed by atoms with Crippen LogP contribution in [0.5, 0.6) is 0 Å². The highest BCUT2D eigenvalue weighted by molar-refractivity contribution is 6.28. The van der Waals surface area contributed by atoms with Crippen molar-refractivity contribution in [3.8, 4) is 0 Å². The second-order valence-electron chi connectivity index (χ2n) is 6.98. The van der Waals surface area contributed by atoms with E-state index in [1.165, 1.54) is 36.4 Å². The molecule has 1 aliphatic rings. The minimum Gasteiger partial charge on any atom is -0.452 e. The van der Waals surface area contributed by atoms with Crippen molar-refractivity contribution in [2.45, 2.75) is 0 Å². The molecule has 0 saturated heterocycles. The van der Waals surface area contributed by atoms with Gasteiger partial charge in [-0.05, 0) is 36.4 Å². The van der Waals surface area contributed by atoms with E-state index in [1.807, 2.05) is 0 Å². The molecule has 0 saturated carbocycles. The molecule has 3 aromatic carbocycles. The van der Waals surface area contributed by atoms with Crippen LogP contribution in [0.3, 0.4) is 0 Å². The molecule has 0 aliphatic heterocycles. The van der Waals surface area contributed by atoms with Crippen LogP contribution in [0.15, 0.2) is 60.7 Å². The van der Waals surface area contributed by atoms with Crippen LogP contribution in [0.25, 0.3) is 0 Å². The van der Waals surface area contributed by atoms with Crippen LogP contribution < -0.4 is 16.8 Å². The Kier molecular flexibility index (Phi) is 4.96. The zero-order valence-corrected chi connectivity index (χ0v) is 16.2. The SMILES string of the molecule is Nc1cc(N)cc(C(=O)OCC(=O)Nc2ccc3c(c2)C(=O)c2ccccc2C3=O)c1. The van der Waals surface area contributed by atoms with Crippen LogP contribution in [0, 0.1) is 0 Å². The van der Waals surface area contributed by atoms with Crippen LogP contribution >= 0.6 is 0 Å². The zero-order valence-electron chi connectivity index (χ0n) is 16.2. The van der Waals surface area contributed by atoms with E-state index in [2.05, 4.69) is 5.32 Å². The van der Waals surface area contributed by atoms with E-state index in [-0.39, 0.29) is 28.3 Å².